The van der Waals surface area contributed by atoms with Gasteiger partial charge in [-0.2, -0.15) is 13.2 Å². The fraction of sp³-hybridized carbons (Fsp3) is 0.808. The molecule has 0 aromatic carbocycles. The molecule has 3 saturated heterocycles. The summed E-state index contributed by atoms with van der Waals surface area (Å²) in [5.74, 6) is -13.1. The molecule has 12 amide bonds. The molecule has 103 heavy (non-hydrogen) atoms. The number of hydrogen-bond donors (Lipinski definition) is 3. The zero-order valence-corrected chi connectivity index (χ0v) is 62.0. The van der Waals surface area contributed by atoms with Crippen LogP contribution in [0.4, 0.5) is 22.0 Å². The van der Waals surface area contributed by atoms with Crippen LogP contribution in [0, 0.1) is 29.6 Å². The summed E-state index contributed by atoms with van der Waals surface area (Å²) in [5.41, 5.74) is -1.63. The predicted octanol–water partition coefficient (Wildman–Crippen LogP) is 5.07. The van der Waals surface area contributed by atoms with E-state index in [-0.39, 0.29) is 77.0 Å². The molecule has 4 aliphatic carbocycles. The first-order chi connectivity index (χ1) is 48.8. The van der Waals surface area contributed by atoms with E-state index in [0.29, 0.717) is 64.5 Å². The lowest BCUT2D eigenvalue weighted by Crippen LogP contribution is -2.68. The molecular formula is C73H113F5N12O13. The Bertz CT molecular complexity index is 3080. The van der Waals surface area contributed by atoms with E-state index in [0.717, 1.165) is 41.9 Å². The minimum Gasteiger partial charge on any atom is -0.377 e. The Labute approximate surface area is 603 Å². The fourth-order valence-electron chi connectivity index (χ4n) is 16.9. The molecule has 0 radical (unpaired) electrons. The van der Waals surface area contributed by atoms with Crippen molar-refractivity contribution in [3.63, 3.8) is 0 Å². The first-order valence-corrected chi connectivity index (χ1v) is 37.8. The number of likely N-dealkylation sites (tertiary alicyclic amines) is 1. The second-order valence-electron chi connectivity index (χ2n) is 30.6. The van der Waals surface area contributed by atoms with E-state index in [1.54, 1.807) is 26.8 Å². The number of amides is 12. The Morgan fingerprint density at radius 2 is 1.27 bits per heavy atom. The van der Waals surface area contributed by atoms with Crippen LogP contribution < -0.4 is 16.0 Å². The van der Waals surface area contributed by atoms with Gasteiger partial charge in [-0.15, -0.1) is 0 Å². The molecule has 25 nitrogen and oxygen atoms in total. The summed E-state index contributed by atoms with van der Waals surface area (Å²) in [6.45, 7) is 6.33. The van der Waals surface area contributed by atoms with Gasteiger partial charge in [-0.05, 0) is 120 Å². The quantitative estimate of drug-likeness (QED) is 0.170. The van der Waals surface area contributed by atoms with Crippen molar-refractivity contribution >= 4 is 70.9 Å². The maximum absolute atomic E-state index is 15.5. The summed E-state index contributed by atoms with van der Waals surface area (Å²) >= 11 is 0. The summed E-state index contributed by atoms with van der Waals surface area (Å²) < 4.78 is 78.8. The third-order valence-electron chi connectivity index (χ3n) is 23.7. The van der Waals surface area contributed by atoms with Gasteiger partial charge in [0.15, 0.2) is 0 Å². The zero-order valence-electron chi connectivity index (χ0n) is 62.0. The molecule has 0 aromatic rings. The number of halogens is 5. The predicted molar refractivity (Wildman–Crippen MR) is 370 cm³/mol. The highest BCUT2D eigenvalue weighted by atomic mass is 19.4. The highest BCUT2D eigenvalue weighted by Gasteiger charge is 2.56. The van der Waals surface area contributed by atoms with Gasteiger partial charge in [0.2, 0.25) is 70.9 Å². The third kappa shape index (κ3) is 19.2. The Kier molecular flexibility index (Phi) is 28.4. The van der Waals surface area contributed by atoms with E-state index >= 15 is 37.5 Å². The van der Waals surface area contributed by atoms with E-state index in [2.05, 4.69) is 16.0 Å². The standard InChI is InChI=1S/C73H113F5N12O13/c1-11-44(4)61-69(100)83(6)43-59(93)85(8)53-28-18-15-21-35-89(68(53)99)56(38-45-24-16-14-17-25-45)66(97)82(5)42-57(91)79-51(30-29-46-36-49(74)60(50(75)37-46)73(76,77)78)65(96)90-41-48(103-13-3)39-54(90)64(95)81-72(31-22-32-72)71(102)87(10)62(47-26-19-20-27-47)70(101)86(9)55(67(98)88-33-23-34-88)40-58(92)84(7)52(12-2)63(94)80-61/h15,18,44-56,60-62H,11-14,16-17,19-43H2,1-10H3,(H,79,91)(H,80,94)(H,81,95)/b18-15-/t44-,46?,48+,49?,50?,51-,52-,53-,54-,55-,56-,60?,61-,62-/m0/s1. The molecule has 30 heteroatoms. The van der Waals surface area contributed by atoms with E-state index in [1.807, 2.05) is 13.0 Å². The van der Waals surface area contributed by atoms with Gasteiger partial charge in [0.25, 0.3) is 0 Å². The van der Waals surface area contributed by atoms with Gasteiger partial charge in [-0.25, -0.2) is 8.78 Å². The van der Waals surface area contributed by atoms with Crippen molar-refractivity contribution in [2.45, 2.75) is 260 Å². The summed E-state index contributed by atoms with van der Waals surface area (Å²) in [5, 5.41) is 8.55. The average Bonchev–Trinajstić information content (AvgIpc) is 1.42. The number of carbonyl (C=O) groups is 12. The smallest absolute Gasteiger partial charge is 0.377 e. The highest BCUT2D eigenvalue weighted by molar-refractivity contribution is 6.01. The number of ether oxygens (including phenoxy) is 1. The molecule has 8 aliphatic rings. The lowest BCUT2D eigenvalue weighted by Gasteiger charge is -2.47. The number of fused-ring (bicyclic) bond motifs is 3. The van der Waals surface area contributed by atoms with Crippen LogP contribution in [0.2, 0.25) is 0 Å². The summed E-state index contributed by atoms with van der Waals surface area (Å²) in [7, 11) is 8.42. The van der Waals surface area contributed by atoms with Gasteiger partial charge in [-0.1, -0.05) is 84.3 Å². The third-order valence-corrected chi connectivity index (χ3v) is 23.7. The van der Waals surface area contributed by atoms with Crippen LogP contribution in [0.3, 0.4) is 0 Å². The van der Waals surface area contributed by atoms with Crippen molar-refractivity contribution in [2.75, 3.05) is 88.2 Å². The SMILES string of the molecule is CCO[C@@H]1C[C@H]2C(=O)NC3(CCC3)C(=O)N(C)[C@@H](C3CCCC3)C(=O)N(C)[C@H](C(=O)N3CCC3)CC(=O)N(C)[C@@H](CC)C(=O)N[C@@H]([C@@H](C)CC)C(=O)N(C)CC(=O)N(C)[C@H]3C/C=C\CCN(C3=O)[C@@H](CC3CCCCC3)C(=O)N(C)CC(=O)N[C@@H](CCC3CC(F)C(C(F)(F)F)C(F)C3)C(=O)N2C1. The van der Waals surface area contributed by atoms with Crippen LogP contribution in [0.15, 0.2) is 12.2 Å². The van der Waals surface area contributed by atoms with Crippen LogP contribution in [0.1, 0.15) is 182 Å². The Morgan fingerprint density at radius 1 is 0.631 bits per heavy atom. The lowest BCUT2D eigenvalue weighted by molar-refractivity contribution is -0.219. The largest absolute Gasteiger partial charge is 0.397 e. The monoisotopic (exact) mass is 1460 g/mol. The van der Waals surface area contributed by atoms with Crippen molar-refractivity contribution < 1.29 is 84.2 Å². The molecule has 4 aliphatic heterocycles. The van der Waals surface area contributed by atoms with Gasteiger partial charge in [-0.3, -0.25) is 57.5 Å². The summed E-state index contributed by atoms with van der Waals surface area (Å²) in [6.07, 6.45) is -1.33. The first-order valence-electron chi connectivity index (χ1n) is 37.8. The number of carbonyl (C=O) groups excluding carboxylic acids is 12. The van der Waals surface area contributed by atoms with Crippen molar-refractivity contribution in [1.29, 1.82) is 0 Å². The maximum Gasteiger partial charge on any atom is 0.397 e. The molecule has 4 heterocycles. The van der Waals surface area contributed by atoms with Crippen LogP contribution in [-0.4, -0.2) is 282 Å². The molecule has 12 atom stereocenters. The minimum absolute atomic E-state index is 0.0209. The molecule has 2 unspecified atom stereocenters. The Balaban J connectivity index is 1.18. The van der Waals surface area contributed by atoms with Crippen LogP contribution in [0.25, 0.3) is 0 Å². The topological polar surface area (TPSA) is 279 Å². The number of nitrogens with zero attached hydrogens (tertiary/aromatic N) is 9. The summed E-state index contributed by atoms with van der Waals surface area (Å²) in [6, 6.07) is -10.4. The number of rotatable bonds is 12. The van der Waals surface area contributed by atoms with Crippen LogP contribution in [-0.2, 0) is 62.3 Å². The second kappa shape index (κ2) is 35.9. The maximum atomic E-state index is 15.5. The number of nitrogens with one attached hydrogen (secondary N) is 3. The molecule has 3 N–H and O–H groups in total. The van der Waals surface area contributed by atoms with E-state index < -0.39 is 205 Å². The van der Waals surface area contributed by atoms with Gasteiger partial charge in [0.05, 0.1) is 25.6 Å². The molecule has 2 bridgehead atoms. The molecule has 1 spiro atoms. The Hall–Kier alpha value is -7.01. The number of likely N-dealkylation sites (N-methyl/N-ethyl adjacent to an activating group) is 6. The van der Waals surface area contributed by atoms with Crippen molar-refractivity contribution in [3.8, 4) is 0 Å². The van der Waals surface area contributed by atoms with Gasteiger partial charge in [0, 0.05) is 81.5 Å². The minimum atomic E-state index is -5.17. The van der Waals surface area contributed by atoms with E-state index in [1.165, 1.54) is 76.6 Å². The number of hydrogen-bond acceptors (Lipinski definition) is 13. The van der Waals surface area contributed by atoms with Crippen molar-refractivity contribution in [1.82, 2.24) is 60.0 Å². The highest BCUT2D eigenvalue weighted by Crippen LogP contribution is 2.45. The van der Waals surface area contributed by atoms with Gasteiger partial charge in [0.1, 0.15) is 72.1 Å². The number of alkyl halides is 5. The first kappa shape index (κ1) is 81.7. The van der Waals surface area contributed by atoms with Crippen LogP contribution >= 0.6 is 0 Å². The second-order valence-corrected chi connectivity index (χ2v) is 30.6. The zero-order chi connectivity index (χ0) is 75.5. The molecule has 578 valence electrons. The summed E-state index contributed by atoms with van der Waals surface area (Å²) in [4.78, 5) is 192. The van der Waals surface area contributed by atoms with Crippen molar-refractivity contribution in [3.05, 3.63) is 12.2 Å². The van der Waals surface area contributed by atoms with Gasteiger partial charge < -0.3 is 64.8 Å². The van der Waals surface area contributed by atoms with E-state index in [9.17, 15) is 41.9 Å². The van der Waals surface area contributed by atoms with Crippen LogP contribution in [0.5, 0.6) is 0 Å². The average molecular weight is 1460 g/mol. The normalized spacial score (nSPS) is 32.2. The Morgan fingerprint density at radius 3 is 1.85 bits per heavy atom. The molecule has 0 aromatic heterocycles. The lowest BCUT2D eigenvalue weighted by atomic mass is 9.74. The van der Waals surface area contributed by atoms with E-state index in [4.69, 9.17) is 4.74 Å². The van der Waals surface area contributed by atoms with Crippen molar-refractivity contribution in [2.24, 2.45) is 29.6 Å². The van der Waals surface area contributed by atoms with Gasteiger partial charge >= 0.3 is 6.18 Å². The molecule has 8 rings (SSSR count). The fourth-order valence-corrected chi connectivity index (χ4v) is 16.9. The molecule has 4 saturated carbocycles. The molecule has 7 fully saturated rings. The molecular weight excluding hydrogens is 1350 g/mol.